The van der Waals surface area contributed by atoms with Crippen LogP contribution in [0.15, 0.2) is 42.5 Å². The first-order chi connectivity index (χ1) is 15.8. The first-order valence-electron chi connectivity index (χ1n) is 10.1. The molecule has 0 radical (unpaired) electrons. The molecular weight excluding hydrogens is 452 g/mol. The van der Waals surface area contributed by atoms with Crippen molar-refractivity contribution in [2.45, 2.75) is 13.0 Å². The number of fused-ring (bicyclic) bond motifs is 1. The molecule has 170 valence electrons. The number of sulfonamides is 1. The van der Waals surface area contributed by atoms with Crippen molar-refractivity contribution in [3.63, 3.8) is 0 Å². The lowest BCUT2D eigenvalue weighted by atomic mass is 10.2. The SMILES string of the molecule is Nc1nc(-c2nn(Cc3ccccc3F)c3c(F)cccc23)nc(N)c1N1CCCS1(=O)=O. The molecule has 0 saturated carbocycles. The van der Waals surface area contributed by atoms with Gasteiger partial charge in [0.05, 0.1) is 12.3 Å². The van der Waals surface area contributed by atoms with E-state index in [1.807, 2.05) is 0 Å². The van der Waals surface area contributed by atoms with Crippen molar-refractivity contribution in [2.75, 3.05) is 28.1 Å². The molecule has 0 bridgehead atoms. The summed E-state index contributed by atoms with van der Waals surface area (Å²) in [6, 6.07) is 10.6. The van der Waals surface area contributed by atoms with Crippen LogP contribution in [0.5, 0.6) is 0 Å². The maximum atomic E-state index is 14.8. The van der Waals surface area contributed by atoms with Gasteiger partial charge in [-0.25, -0.2) is 27.2 Å². The number of nitrogens with two attached hydrogens (primary N) is 2. The van der Waals surface area contributed by atoms with Crippen LogP contribution in [0.4, 0.5) is 26.1 Å². The van der Waals surface area contributed by atoms with E-state index in [4.69, 9.17) is 11.5 Å². The van der Waals surface area contributed by atoms with Gasteiger partial charge in [0.1, 0.15) is 28.5 Å². The molecule has 12 heteroatoms. The summed E-state index contributed by atoms with van der Waals surface area (Å²) in [6.45, 7) is 0.198. The second kappa shape index (κ2) is 7.66. The van der Waals surface area contributed by atoms with E-state index in [0.29, 0.717) is 17.4 Å². The molecule has 33 heavy (non-hydrogen) atoms. The average Bonchev–Trinajstić information content (AvgIpc) is 3.30. The van der Waals surface area contributed by atoms with E-state index < -0.39 is 21.7 Å². The number of hydrogen-bond acceptors (Lipinski definition) is 7. The molecule has 1 fully saturated rings. The van der Waals surface area contributed by atoms with Gasteiger partial charge in [0.15, 0.2) is 17.5 Å². The quantitative estimate of drug-likeness (QED) is 0.467. The van der Waals surface area contributed by atoms with Crippen LogP contribution in [0.2, 0.25) is 0 Å². The van der Waals surface area contributed by atoms with Crippen molar-refractivity contribution in [3.8, 4) is 11.5 Å². The summed E-state index contributed by atoms with van der Waals surface area (Å²) < 4.78 is 56.0. The maximum Gasteiger partial charge on any atom is 0.235 e. The van der Waals surface area contributed by atoms with Crippen molar-refractivity contribution in [2.24, 2.45) is 0 Å². The van der Waals surface area contributed by atoms with E-state index in [9.17, 15) is 17.2 Å². The van der Waals surface area contributed by atoms with Crippen LogP contribution in [0, 0.1) is 11.6 Å². The first-order valence-corrected chi connectivity index (χ1v) is 11.7. The zero-order valence-corrected chi connectivity index (χ0v) is 18.1. The van der Waals surface area contributed by atoms with Gasteiger partial charge >= 0.3 is 0 Å². The molecular formula is C21H19F2N7O2S. The summed E-state index contributed by atoms with van der Waals surface area (Å²) in [5, 5.41) is 4.82. The average molecular weight is 471 g/mol. The Kier molecular flexibility index (Phi) is 4.89. The Morgan fingerprint density at radius 1 is 0.970 bits per heavy atom. The summed E-state index contributed by atoms with van der Waals surface area (Å²) in [4.78, 5) is 8.48. The molecule has 4 aromatic rings. The fourth-order valence-corrected chi connectivity index (χ4v) is 5.59. The topological polar surface area (TPSA) is 133 Å². The number of halogens is 2. The highest BCUT2D eigenvalue weighted by molar-refractivity contribution is 7.93. The lowest BCUT2D eigenvalue weighted by Crippen LogP contribution is -2.28. The highest BCUT2D eigenvalue weighted by Gasteiger charge is 2.33. The van der Waals surface area contributed by atoms with Gasteiger partial charge in [-0.15, -0.1) is 0 Å². The Morgan fingerprint density at radius 2 is 1.67 bits per heavy atom. The summed E-state index contributed by atoms with van der Waals surface area (Å²) in [5.74, 6) is -1.26. The molecule has 0 atom stereocenters. The molecule has 5 rings (SSSR count). The highest BCUT2D eigenvalue weighted by Crippen LogP contribution is 2.36. The molecule has 0 unspecified atom stereocenters. The van der Waals surface area contributed by atoms with E-state index in [-0.39, 0.29) is 53.2 Å². The number of nitrogens with zero attached hydrogens (tertiary/aromatic N) is 5. The van der Waals surface area contributed by atoms with Crippen LogP contribution < -0.4 is 15.8 Å². The molecule has 0 amide bonds. The molecule has 0 aliphatic carbocycles. The minimum Gasteiger partial charge on any atom is -0.382 e. The van der Waals surface area contributed by atoms with Crippen LogP contribution in [-0.4, -0.2) is 40.5 Å². The molecule has 0 spiro atoms. The van der Waals surface area contributed by atoms with Crippen LogP contribution >= 0.6 is 0 Å². The predicted octanol–water partition coefficient (Wildman–Crippen LogP) is 2.52. The van der Waals surface area contributed by atoms with Gasteiger partial charge in [-0.2, -0.15) is 5.10 Å². The Morgan fingerprint density at radius 3 is 2.33 bits per heavy atom. The van der Waals surface area contributed by atoms with Crippen molar-refractivity contribution in [3.05, 3.63) is 59.7 Å². The van der Waals surface area contributed by atoms with Crippen molar-refractivity contribution in [1.82, 2.24) is 19.7 Å². The molecule has 2 aromatic heterocycles. The number of anilines is 3. The number of para-hydroxylation sites is 1. The zero-order valence-electron chi connectivity index (χ0n) is 17.2. The van der Waals surface area contributed by atoms with Gasteiger partial charge < -0.3 is 11.5 Å². The molecule has 2 aromatic carbocycles. The number of benzene rings is 2. The monoisotopic (exact) mass is 471 g/mol. The summed E-state index contributed by atoms with van der Waals surface area (Å²) >= 11 is 0. The smallest absolute Gasteiger partial charge is 0.235 e. The molecule has 1 aliphatic heterocycles. The zero-order chi connectivity index (χ0) is 23.3. The van der Waals surface area contributed by atoms with Crippen LogP contribution in [-0.2, 0) is 16.6 Å². The Hall–Kier alpha value is -3.80. The lowest BCUT2D eigenvalue weighted by Gasteiger charge is -2.19. The van der Waals surface area contributed by atoms with Crippen molar-refractivity contribution in [1.29, 1.82) is 0 Å². The minimum absolute atomic E-state index is 0.00762. The van der Waals surface area contributed by atoms with E-state index in [0.717, 1.165) is 4.31 Å². The third-order valence-corrected chi connectivity index (χ3v) is 7.34. The largest absolute Gasteiger partial charge is 0.382 e. The second-order valence-corrected chi connectivity index (χ2v) is 9.65. The maximum absolute atomic E-state index is 14.8. The predicted molar refractivity (Wildman–Crippen MR) is 121 cm³/mol. The normalized spacial score (nSPS) is 15.4. The summed E-state index contributed by atoms with van der Waals surface area (Å²) in [7, 11) is -3.55. The van der Waals surface area contributed by atoms with E-state index >= 15 is 0 Å². The van der Waals surface area contributed by atoms with E-state index in [1.54, 1.807) is 24.3 Å². The number of aromatic nitrogens is 4. The van der Waals surface area contributed by atoms with Gasteiger partial charge in [-0.1, -0.05) is 30.3 Å². The Labute approximate surface area is 187 Å². The van der Waals surface area contributed by atoms with E-state index in [1.165, 1.54) is 22.9 Å². The van der Waals surface area contributed by atoms with Crippen LogP contribution in [0.25, 0.3) is 22.4 Å². The van der Waals surface area contributed by atoms with Crippen LogP contribution in [0.1, 0.15) is 12.0 Å². The second-order valence-electron chi connectivity index (χ2n) is 7.64. The van der Waals surface area contributed by atoms with E-state index in [2.05, 4.69) is 15.1 Å². The number of rotatable bonds is 4. The standard InChI is InChI=1S/C21H19F2N7O2S/c22-14-7-2-1-5-12(14)11-29-17-13(6-3-8-15(17)23)16(28-29)21-26-19(24)18(20(25)27-21)30-9-4-10-33(30,31)32/h1-3,5-8H,4,9-11H2,(H4,24,25,26,27). The van der Waals surface area contributed by atoms with Gasteiger partial charge in [0, 0.05) is 17.5 Å². The van der Waals surface area contributed by atoms with Gasteiger partial charge in [0.25, 0.3) is 0 Å². The number of hydrogen-bond donors (Lipinski definition) is 2. The fourth-order valence-electron chi connectivity index (χ4n) is 4.00. The lowest BCUT2D eigenvalue weighted by molar-refractivity contribution is 0.581. The Bertz CT molecular complexity index is 1480. The Balaban J connectivity index is 1.65. The molecule has 9 nitrogen and oxygen atoms in total. The van der Waals surface area contributed by atoms with Crippen LogP contribution in [0.3, 0.4) is 0 Å². The fraction of sp³-hybridized carbons (Fsp3) is 0.190. The third-order valence-electron chi connectivity index (χ3n) is 5.50. The van der Waals surface area contributed by atoms with Gasteiger partial charge in [-0.05, 0) is 18.6 Å². The van der Waals surface area contributed by atoms with Gasteiger partial charge in [0.2, 0.25) is 10.0 Å². The molecule has 1 aliphatic rings. The van der Waals surface area contributed by atoms with Crippen molar-refractivity contribution >= 4 is 38.2 Å². The summed E-state index contributed by atoms with van der Waals surface area (Å²) in [6.07, 6.45) is 0.438. The molecule has 4 N–H and O–H groups in total. The summed E-state index contributed by atoms with van der Waals surface area (Å²) in [5.41, 5.74) is 12.9. The highest BCUT2D eigenvalue weighted by atomic mass is 32.2. The van der Waals surface area contributed by atoms with Gasteiger partial charge in [-0.3, -0.25) is 8.99 Å². The third kappa shape index (κ3) is 3.52. The van der Waals surface area contributed by atoms with Crippen molar-refractivity contribution < 1.29 is 17.2 Å². The first kappa shape index (κ1) is 21.1. The molecule has 3 heterocycles. The number of nitrogen functional groups attached to an aromatic ring is 2. The minimum atomic E-state index is -3.55. The molecule has 1 saturated heterocycles.